The van der Waals surface area contributed by atoms with Gasteiger partial charge in [-0.25, -0.2) is 9.18 Å². The summed E-state index contributed by atoms with van der Waals surface area (Å²) in [7, 11) is 0. The van der Waals surface area contributed by atoms with E-state index in [1.165, 1.54) is 11.8 Å². The van der Waals surface area contributed by atoms with Crippen LogP contribution in [0.5, 0.6) is 0 Å². The fourth-order valence-corrected chi connectivity index (χ4v) is 4.83. The van der Waals surface area contributed by atoms with E-state index in [4.69, 9.17) is 11.6 Å². The van der Waals surface area contributed by atoms with Crippen molar-refractivity contribution in [2.75, 3.05) is 18.0 Å². The van der Waals surface area contributed by atoms with Crippen molar-refractivity contribution < 1.29 is 14.3 Å². The molecule has 1 aliphatic carbocycles. The van der Waals surface area contributed by atoms with Crippen LogP contribution < -0.4 is 10.3 Å². The van der Waals surface area contributed by atoms with E-state index in [2.05, 4.69) is 4.99 Å². The maximum Gasteiger partial charge on any atom is 0.341 e. The smallest absolute Gasteiger partial charge is 0.341 e. The lowest BCUT2D eigenvalue weighted by Gasteiger charge is -2.23. The first kappa shape index (κ1) is 21.6. The minimum Gasteiger partial charge on any atom is -0.477 e. The first-order valence-corrected chi connectivity index (χ1v) is 11.4. The van der Waals surface area contributed by atoms with Crippen molar-refractivity contribution in [1.82, 2.24) is 4.57 Å². The molecule has 0 amide bonds. The first-order valence-electron chi connectivity index (χ1n) is 11.0. The number of aromatic nitrogens is 1. The van der Waals surface area contributed by atoms with E-state index < -0.39 is 17.2 Å². The third-order valence-electron chi connectivity index (χ3n) is 6.35. The monoisotopic (exact) mass is 467 g/mol. The topological polar surface area (TPSA) is 74.9 Å². The number of aliphatic imine (C=N–C) groups is 1. The van der Waals surface area contributed by atoms with Crippen LogP contribution in [-0.2, 0) is 0 Å². The standard InChI is InChI=1S/C25H23ClFN3O3/c1-14-2-4-15(5-3-14)11-28-16-8-9-29(12-16)23-20(27)10-18-22(21(23)26)30(17-6-7-17)13-19(24(18)31)25(32)33/h2-5,10-11,13,16-17H,6-9,12H2,1H3,(H,32,33). The maximum atomic E-state index is 15.2. The lowest BCUT2D eigenvalue weighted by molar-refractivity contribution is 0.0695. The summed E-state index contributed by atoms with van der Waals surface area (Å²) in [5.74, 6) is -1.96. The van der Waals surface area contributed by atoms with Crippen molar-refractivity contribution in [1.29, 1.82) is 0 Å². The highest BCUT2D eigenvalue weighted by Crippen LogP contribution is 2.42. The summed E-state index contributed by atoms with van der Waals surface area (Å²) in [6, 6.07) is 9.27. The number of anilines is 1. The van der Waals surface area contributed by atoms with Gasteiger partial charge in [-0.1, -0.05) is 41.4 Å². The van der Waals surface area contributed by atoms with E-state index in [-0.39, 0.29) is 33.7 Å². The number of nitrogens with zero attached hydrogens (tertiary/aromatic N) is 3. The number of carboxylic acids is 1. The Hall–Kier alpha value is -3.19. The van der Waals surface area contributed by atoms with Gasteiger partial charge in [0.1, 0.15) is 11.4 Å². The zero-order chi connectivity index (χ0) is 23.3. The van der Waals surface area contributed by atoms with Crippen molar-refractivity contribution in [3.63, 3.8) is 0 Å². The molecule has 2 fully saturated rings. The van der Waals surface area contributed by atoms with Crippen LogP contribution >= 0.6 is 11.6 Å². The second kappa shape index (κ2) is 8.30. The summed E-state index contributed by atoms with van der Waals surface area (Å²) < 4.78 is 17.0. The van der Waals surface area contributed by atoms with Crippen molar-refractivity contribution in [2.24, 2.45) is 4.99 Å². The van der Waals surface area contributed by atoms with Gasteiger partial charge in [0.2, 0.25) is 5.43 Å². The van der Waals surface area contributed by atoms with E-state index in [1.807, 2.05) is 42.3 Å². The molecule has 1 aromatic heterocycles. The highest BCUT2D eigenvalue weighted by molar-refractivity contribution is 6.38. The molecule has 33 heavy (non-hydrogen) atoms. The molecule has 5 rings (SSSR count). The Morgan fingerprint density at radius 2 is 1.97 bits per heavy atom. The van der Waals surface area contributed by atoms with Crippen molar-refractivity contribution in [3.8, 4) is 0 Å². The van der Waals surface area contributed by atoms with Gasteiger partial charge in [-0.3, -0.25) is 9.79 Å². The average Bonchev–Trinajstić information content (AvgIpc) is 3.52. The summed E-state index contributed by atoms with van der Waals surface area (Å²) in [5.41, 5.74) is 1.75. The molecular weight excluding hydrogens is 445 g/mol. The Bertz CT molecular complexity index is 1350. The Morgan fingerprint density at radius 3 is 2.64 bits per heavy atom. The zero-order valence-corrected chi connectivity index (χ0v) is 18.8. The summed E-state index contributed by atoms with van der Waals surface area (Å²) in [4.78, 5) is 30.8. The molecule has 3 aromatic rings. The first-order chi connectivity index (χ1) is 15.8. The molecule has 8 heteroatoms. The van der Waals surface area contributed by atoms with Crippen LogP contribution in [0.2, 0.25) is 5.02 Å². The second-order valence-corrected chi connectivity index (χ2v) is 9.19. The Balaban J connectivity index is 1.51. The molecule has 0 radical (unpaired) electrons. The molecule has 1 unspecified atom stereocenters. The molecule has 1 aliphatic heterocycles. The van der Waals surface area contributed by atoms with E-state index >= 15 is 4.39 Å². The minimum atomic E-state index is -1.33. The van der Waals surface area contributed by atoms with Gasteiger partial charge in [-0.2, -0.15) is 0 Å². The van der Waals surface area contributed by atoms with E-state index in [0.29, 0.717) is 18.6 Å². The van der Waals surface area contributed by atoms with Crippen LogP contribution in [-0.4, -0.2) is 41.0 Å². The Labute approximate surface area is 194 Å². The lowest BCUT2D eigenvalue weighted by Crippen LogP contribution is -2.24. The molecule has 2 aliphatic rings. The molecular formula is C25H23ClFN3O3. The molecule has 2 aromatic carbocycles. The zero-order valence-electron chi connectivity index (χ0n) is 18.1. The molecule has 1 saturated heterocycles. The largest absolute Gasteiger partial charge is 0.477 e. The van der Waals surface area contributed by atoms with Crippen molar-refractivity contribution in [3.05, 3.63) is 74.3 Å². The molecule has 1 atom stereocenters. The number of hydrogen-bond donors (Lipinski definition) is 1. The van der Waals surface area contributed by atoms with Gasteiger partial charge in [0.25, 0.3) is 0 Å². The number of halogens is 2. The predicted molar refractivity (Wildman–Crippen MR) is 128 cm³/mol. The fourth-order valence-electron chi connectivity index (χ4n) is 4.43. The minimum absolute atomic E-state index is 0.00110. The second-order valence-electron chi connectivity index (χ2n) is 8.81. The van der Waals surface area contributed by atoms with Gasteiger partial charge in [-0.15, -0.1) is 0 Å². The lowest BCUT2D eigenvalue weighted by atomic mass is 10.1. The van der Waals surface area contributed by atoms with Crippen LogP contribution in [0.1, 0.15) is 46.8 Å². The highest BCUT2D eigenvalue weighted by atomic mass is 35.5. The number of carbonyl (C=O) groups is 1. The summed E-state index contributed by atoms with van der Waals surface area (Å²) in [6.07, 6.45) is 5.66. The number of pyridine rings is 1. The fraction of sp³-hybridized carbons (Fsp3) is 0.320. The molecule has 0 spiro atoms. The SMILES string of the molecule is Cc1ccc(C=NC2CCN(c3c(F)cc4c(=O)c(C(=O)O)cn(C5CC5)c4c3Cl)C2)cc1. The van der Waals surface area contributed by atoms with E-state index in [1.54, 1.807) is 4.57 Å². The van der Waals surface area contributed by atoms with Gasteiger partial charge < -0.3 is 14.6 Å². The molecule has 170 valence electrons. The van der Waals surface area contributed by atoms with Gasteiger partial charge in [0, 0.05) is 31.5 Å². The van der Waals surface area contributed by atoms with Crippen molar-refractivity contribution in [2.45, 2.75) is 38.3 Å². The average molecular weight is 468 g/mol. The number of aryl methyl sites for hydroxylation is 1. The summed E-state index contributed by atoms with van der Waals surface area (Å²) in [6.45, 7) is 3.12. The highest BCUT2D eigenvalue weighted by Gasteiger charge is 2.32. The normalized spacial score (nSPS) is 18.5. The van der Waals surface area contributed by atoms with Crippen LogP contribution in [0, 0.1) is 12.7 Å². The van der Waals surface area contributed by atoms with Crippen LogP contribution in [0.15, 0.2) is 46.3 Å². The number of benzene rings is 2. The third-order valence-corrected chi connectivity index (χ3v) is 6.70. The van der Waals surface area contributed by atoms with Crippen molar-refractivity contribution >= 4 is 40.4 Å². The molecule has 6 nitrogen and oxygen atoms in total. The summed E-state index contributed by atoms with van der Waals surface area (Å²) >= 11 is 6.72. The van der Waals surface area contributed by atoms with E-state index in [0.717, 1.165) is 30.9 Å². The summed E-state index contributed by atoms with van der Waals surface area (Å²) in [5, 5.41) is 9.58. The predicted octanol–water partition coefficient (Wildman–Crippen LogP) is 4.83. The number of rotatable bonds is 5. The quantitative estimate of drug-likeness (QED) is 0.545. The molecule has 0 bridgehead atoms. The maximum absolute atomic E-state index is 15.2. The van der Waals surface area contributed by atoms with Crippen LogP contribution in [0.3, 0.4) is 0 Å². The van der Waals surface area contributed by atoms with E-state index in [9.17, 15) is 14.7 Å². The number of hydrogen-bond acceptors (Lipinski definition) is 4. The molecule has 1 saturated carbocycles. The van der Waals surface area contributed by atoms with Gasteiger partial charge >= 0.3 is 5.97 Å². The van der Waals surface area contributed by atoms with Gasteiger partial charge in [0.15, 0.2) is 0 Å². The van der Waals surface area contributed by atoms with Gasteiger partial charge in [-0.05, 0) is 37.8 Å². The molecule has 2 heterocycles. The number of carboxylic acid groups (broad SMARTS) is 1. The van der Waals surface area contributed by atoms with Crippen LogP contribution in [0.4, 0.5) is 10.1 Å². The number of aromatic carboxylic acids is 1. The Morgan fingerprint density at radius 1 is 1.24 bits per heavy atom. The molecule has 1 N–H and O–H groups in total. The Kier molecular flexibility index (Phi) is 5.44. The third kappa shape index (κ3) is 4.02. The van der Waals surface area contributed by atoms with Crippen LogP contribution in [0.25, 0.3) is 10.9 Å². The van der Waals surface area contributed by atoms with Gasteiger partial charge in [0.05, 0.1) is 27.7 Å². The number of fused-ring (bicyclic) bond motifs is 1.